The minimum Gasteiger partial charge on any atom is -0.275 e. The van der Waals surface area contributed by atoms with E-state index in [1.807, 2.05) is 0 Å². The fourth-order valence-corrected chi connectivity index (χ4v) is 8.08. The molecule has 7 heteroatoms. The Hall–Kier alpha value is -1.28. The molecule has 4 bridgehead atoms. The average molecular weight is 490 g/mol. The van der Waals surface area contributed by atoms with Gasteiger partial charge in [0.2, 0.25) is 6.29 Å². The zero-order valence-electron chi connectivity index (χ0n) is 22.5. The number of carbonyl (C=O) groups excluding carboxylic acids is 2. The molecular weight excluding hydrogens is 446 g/mol. The van der Waals surface area contributed by atoms with Crippen LogP contribution in [0.2, 0.25) is 0 Å². The molecule has 35 heavy (non-hydrogen) atoms. The lowest BCUT2D eigenvalue weighted by atomic mass is 9.44. The maximum atomic E-state index is 12.4. The number of nitrogens with zero attached hydrogens (tertiary/aromatic N) is 1. The molecule has 6 saturated carbocycles. The Labute approximate surface area is 209 Å². The summed E-state index contributed by atoms with van der Waals surface area (Å²) in [6, 6.07) is 0. The molecule has 6 atom stereocenters. The number of imide groups is 1. The molecular formula is C28H43NO6. The van der Waals surface area contributed by atoms with Gasteiger partial charge in [0, 0.05) is 24.6 Å². The molecule has 7 aliphatic rings. The molecule has 196 valence electrons. The molecule has 0 aromatic rings. The molecule has 1 heterocycles. The zero-order valence-corrected chi connectivity index (χ0v) is 22.5. The van der Waals surface area contributed by atoms with Gasteiger partial charge in [-0.2, -0.15) is 0 Å². The van der Waals surface area contributed by atoms with Gasteiger partial charge in [-0.3, -0.25) is 14.5 Å². The van der Waals surface area contributed by atoms with Crippen molar-refractivity contribution in [1.29, 1.82) is 0 Å². The SMILES string of the molecule is CC1=CC(=O)N(CCC(OOC2(C)CCC3CC2C3(C)C)OOC2(C)CCC3CC2C3(C)C)C1=O. The van der Waals surface area contributed by atoms with Gasteiger partial charge in [-0.05, 0) is 93.8 Å². The minimum atomic E-state index is -0.841. The second-order valence-corrected chi connectivity index (χ2v) is 13.5. The van der Waals surface area contributed by atoms with Crippen LogP contribution in [0, 0.1) is 34.5 Å². The minimum absolute atomic E-state index is 0.185. The summed E-state index contributed by atoms with van der Waals surface area (Å²) in [6.07, 6.45) is 7.28. The fraction of sp³-hybridized carbons (Fsp3) is 0.857. The average Bonchev–Trinajstić information content (AvgIpc) is 3.03. The fourth-order valence-electron chi connectivity index (χ4n) is 8.08. The smallest absolute Gasteiger partial charge is 0.256 e. The summed E-state index contributed by atoms with van der Waals surface area (Å²) in [7, 11) is 0. The van der Waals surface area contributed by atoms with Crippen LogP contribution in [0.3, 0.4) is 0 Å². The largest absolute Gasteiger partial charge is 0.275 e. The van der Waals surface area contributed by atoms with Crippen LogP contribution in [0.4, 0.5) is 0 Å². The first kappa shape index (κ1) is 25.4. The predicted octanol–water partition coefficient (Wildman–Crippen LogP) is 5.34. The zero-order chi connectivity index (χ0) is 25.4. The topological polar surface area (TPSA) is 74.3 Å². The van der Waals surface area contributed by atoms with Gasteiger partial charge in [0.1, 0.15) is 11.2 Å². The summed E-state index contributed by atoms with van der Waals surface area (Å²) in [4.78, 5) is 50.1. The van der Waals surface area contributed by atoms with Gasteiger partial charge in [0.05, 0.1) is 0 Å². The highest BCUT2D eigenvalue weighted by Crippen LogP contribution is 2.64. The lowest BCUT2D eigenvalue weighted by Crippen LogP contribution is -2.61. The Morgan fingerprint density at radius 1 is 0.886 bits per heavy atom. The molecule has 7 nitrogen and oxygen atoms in total. The first-order valence-corrected chi connectivity index (χ1v) is 13.5. The summed E-state index contributed by atoms with van der Waals surface area (Å²) in [5, 5.41) is 0. The lowest BCUT2D eigenvalue weighted by molar-refractivity contribution is -0.522. The number of amides is 2. The van der Waals surface area contributed by atoms with E-state index in [0.29, 0.717) is 17.4 Å². The van der Waals surface area contributed by atoms with Crippen LogP contribution in [0.15, 0.2) is 11.6 Å². The van der Waals surface area contributed by atoms with Crippen molar-refractivity contribution in [3.63, 3.8) is 0 Å². The van der Waals surface area contributed by atoms with E-state index in [0.717, 1.165) is 50.4 Å². The van der Waals surface area contributed by atoms with E-state index in [1.165, 1.54) is 11.0 Å². The van der Waals surface area contributed by atoms with E-state index < -0.39 is 17.5 Å². The Balaban J connectivity index is 1.24. The van der Waals surface area contributed by atoms with Gasteiger partial charge in [0.25, 0.3) is 11.8 Å². The van der Waals surface area contributed by atoms with Gasteiger partial charge >= 0.3 is 0 Å². The highest BCUT2D eigenvalue weighted by Gasteiger charge is 2.62. The van der Waals surface area contributed by atoms with Gasteiger partial charge in [0.15, 0.2) is 0 Å². The van der Waals surface area contributed by atoms with Crippen molar-refractivity contribution in [3.8, 4) is 0 Å². The first-order valence-electron chi connectivity index (χ1n) is 13.5. The van der Waals surface area contributed by atoms with E-state index in [2.05, 4.69) is 41.5 Å². The molecule has 1 aliphatic heterocycles. The van der Waals surface area contributed by atoms with Gasteiger partial charge < -0.3 is 0 Å². The number of fused-ring (bicyclic) bond motifs is 4. The van der Waals surface area contributed by atoms with Crippen molar-refractivity contribution in [2.75, 3.05) is 6.54 Å². The second-order valence-electron chi connectivity index (χ2n) is 13.5. The van der Waals surface area contributed by atoms with E-state index in [4.69, 9.17) is 19.6 Å². The van der Waals surface area contributed by atoms with Crippen LogP contribution in [-0.4, -0.2) is 40.8 Å². The van der Waals surface area contributed by atoms with Crippen molar-refractivity contribution >= 4 is 11.8 Å². The lowest BCUT2D eigenvalue weighted by Gasteiger charge is -2.63. The molecule has 0 aromatic heterocycles. The normalized spacial score (nSPS) is 41.8. The van der Waals surface area contributed by atoms with E-state index in [1.54, 1.807) is 6.92 Å². The highest BCUT2D eigenvalue weighted by atomic mass is 17.3. The summed E-state index contributed by atoms with van der Waals surface area (Å²) in [5.41, 5.74) is 0.143. The highest BCUT2D eigenvalue weighted by molar-refractivity contribution is 6.15. The number of hydrogen-bond acceptors (Lipinski definition) is 6. The van der Waals surface area contributed by atoms with E-state index in [9.17, 15) is 9.59 Å². The third-order valence-corrected chi connectivity index (χ3v) is 10.9. The van der Waals surface area contributed by atoms with Crippen LogP contribution in [0.1, 0.15) is 93.4 Å². The van der Waals surface area contributed by atoms with Gasteiger partial charge in [-0.15, -0.1) is 0 Å². The van der Waals surface area contributed by atoms with E-state index in [-0.39, 0.29) is 35.6 Å². The van der Waals surface area contributed by atoms with E-state index >= 15 is 0 Å². The van der Waals surface area contributed by atoms with Crippen LogP contribution >= 0.6 is 0 Å². The van der Waals surface area contributed by atoms with Crippen molar-refractivity contribution in [3.05, 3.63) is 11.6 Å². The van der Waals surface area contributed by atoms with Crippen LogP contribution in [0.5, 0.6) is 0 Å². The molecule has 0 N–H and O–H groups in total. The third-order valence-electron chi connectivity index (χ3n) is 10.9. The van der Waals surface area contributed by atoms with Crippen LogP contribution in [-0.2, 0) is 29.1 Å². The Morgan fingerprint density at radius 2 is 1.37 bits per heavy atom. The summed E-state index contributed by atoms with van der Waals surface area (Å²) in [6.45, 7) is 15.4. The molecule has 0 spiro atoms. The quantitative estimate of drug-likeness (QED) is 0.188. The maximum absolute atomic E-state index is 12.4. The number of hydrogen-bond donors (Lipinski definition) is 0. The molecule has 7 rings (SSSR count). The summed E-state index contributed by atoms with van der Waals surface area (Å²) >= 11 is 0. The van der Waals surface area contributed by atoms with Crippen LogP contribution < -0.4 is 0 Å². The second kappa shape index (κ2) is 8.37. The molecule has 2 amide bonds. The monoisotopic (exact) mass is 489 g/mol. The number of rotatable bonds is 9. The summed E-state index contributed by atoms with van der Waals surface area (Å²) < 4.78 is 0. The maximum Gasteiger partial charge on any atom is 0.256 e. The van der Waals surface area contributed by atoms with Crippen molar-refractivity contribution in [1.82, 2.24) is 4.90 Å². The van der Waals surface area contributed by atoms with Crippen molar-refractivity contribution in [2.45, 2.75) is 111 Å². The first-order chi connectivity index (χ1) is 16.3. The molecule has 0 saturated heterocycles. The Morgan fingerprint density at radius 3 is 1.74 bits per heavy atom. The molecule has 0 radical (unpaired) electrons. The Bertz CT molecular complexity index is 874. The predicted molar refractivity (Wildman–Crippen MR) is 129 cm³/mol. The molecule has 6 unspecified atom stereocenters. The Kier molecular flexibility index (Phi) is 6.07. The van der Waals surface area contributed by atoms with Crippen molar-refractivity contribution < 1.29 is 29.1 Å². The summed E-state index contributed by atoms with van der Waals surface area (Å²) in [5.74, 6) is 1.79. The van der Waals surface area contributed by atoms with Crippen molar-refractivity contribution in [2.24, 2.45) is 34.5 Å². The standard InChI is InChI=1S/C28H43NO6/c1-17-14-22(30)29(24(17)31)13-10-23(32-34-27(6)11-8-18-15-20(27)25(18,2)3)33-35-28(7)12-9-19-16-21(28)26(19,4)5/h14,18-21,23H,8-13,15-16H2,1-7H3. The third kappa shape index (κ3) is 4.01. The number of carbonyl (C=O) groups is 2. The molecule has 6 aliphatic carbocycles. The molecule has 6 fully saturated rings. The van der Waals surface area contributed by atoms with Crippen LogP contribution in [0.25, 0.3) is 0 Å². The molecule has 0 aromatic carbocycles. The van der Waals surface area contributed by atoms with Gasteiger partial charge in [-0.1, -0.05) is 27.7 Å². The van der Waals surface area contributed by atoms with Gasteiger partial charge in [-0.25, -0.2) is 19.6 Å².